The van der Waals surface area contributed by atoms with Crippen LogP contribution in [-0.4, -0.2) is 4.40 Å². The van der Waals surface area contributed by atoms with E-state index in [9.17, 15) is 0 Å². The van der Waals surface area contributed by atoms with Crippen molar-refractivity contribution in [1.82, 2.24) is 4.40 Å². The van der Waals surface area contributed by atoms with Gasteiger partial charge in [0.05, 0.1) is 21.6 Å². The van der Waals surface area contributed by atoms with Crippen molar-refractivity contribution < 1.29 is 0 Å². The Bertz CT molecular complexity index is 2570. The fourth-order valence-corrected chi connectivity index (χ4v) is 9.35. The van der Waals surface area contributed by atoms with Gasteiger partial charge in [-0.15, -0.1) is 0 Å². The zero-order valence-electron chi connectivity index (χ0n) is 24.0. The summed E-state index contributed by atoms with van der Waals surface area (Å²) in [6.07, 6.45) is 0. The molecule has 0 spiro atoms. The lowest BCUT2D eigenvalue weighted by Crippen LogP contribution is -2.15. The summed E-state index contributed by atoms with van der Waals surface area (Å²) in [5.74, 6) is 0.745. The molecular weight excluding hydrogens is 542 g/mol. The molecule has 0 saturated heterocycles. The predicted octanol–water partition coefficient (Wildman–Crippen LogP) is 11.5. The highest BCUT2D eigenvalue weighted by Gasteiger charge is 2.54. The van der Waals surface area contributed by atoms with Crippen molar-refractivity contribution >= 4 is 71.2 Å². The summed E-state index contributed by atoms with van der Waals surface area (Å²) in [7, 11) is 0. The lowest BCUT2D eigenvalue weighted by Gasteiger charge is -2.24. The minimum absolute atomic E-state index is 0.111. The van der Waals surface area contributed by atoms with E-state index in [-0.39, 0.29) is 5.41 Å². The number of para-hydroxylation sites is 1. The second kappa shape index (κ2) is 8.07. The topological polar surface area (TPSA) is 4.41 Å². The van der Waals surface area contributed by atoms with Crippen LogP contribution in [-0.2, 0) is 0 Å². The molecule has 0 fully saturated rings. The van der Waals surface area contributed by atoms with E-state index in [1.807, 2.05) is 0 Å². The molecular formula is C41H28ClN. The van der Waals surface area contributed by atoms with Gasteiger partial charge in [-0.3, -0.25) is 0 Å². The van der Waals surface area contributed by atoms with Crippen LogP contribution in [0.1, 0.15) is 47.9 Å². The van der Waals surface area contributed by atoms with Crippen LogP contribution in [0.4, 0.5) is 0 Å². The number of fused-ring (bicyclic) bond motifs is 18. The number of nitrogens with zero attached hydrogens (tertiary/aromatic N) is 1. The Morgan fingerprint density at radius 3 is 1.65 bits per heavy atom. The van der Waals surface area contributed by atoms with Gasteiger partial charge in [0.2, 0.25) is 0 Å². The average molecular weight is 570 g/mol. The van der Waals surface area contributed by atoms with Gasteiger partial charge in [0.1, 0.15) is 0 Å². The summed E-state index contributed by atoms with van der Waals surface area (Å²) in [4.78, 5) is 0. The number of hydrogen-bond donors (Lipinski definition) is 0. The summed E-state index contributed by atoms with van der Waals surface area (Å²) in [6.45, 7) is 4.93. The second-order valence-electron chi connectivity index (χ2n) is 13.1. The number of aromatic nitrogens is 1. The van der Waals surface area contributed by atoms with E-state index in [0.717, 1.165) is 10.4 Å². The summed E-state index contributed by atoms with van der Waals surface area (Å²) in [6, 6.07) is 45.1. The summed E-state index contributed by atoms with van der Waals surface area (Å²) in [5.41, 5.74) is 9.65. The maximum absolute atomic E-state index is 7.11. The molecule has 204 valence electrons. The molecule has 1 nitrogen and oxygen atoms in total. The molecule has 2 aromatic heterocycles. The molecule has 0 saturated carbocycles. The van der Waals surface area contributed by atoms with Crippen molar-refractivity contribution in [3.8, 4) is 0 Å². The van der Waals surface area contributed by atoms with Gasteiger partial charge in [0, 0.05) is 33.4 Å². The van der Waals surface area contributed by atoms with Crippen LogP contribution in [0, 0.1) is 5.41 Å². The van der Waals surface area contributed by atoms with Crippen LogP contribution in [0.2, 0.25) is 5.02 Å². The van der Waals surface area contributed by atoms with Crippen LogP contribution in [0.3, 0.4) is 0 Å². The van der Waals surface area contributed by atoms with Gasteiger partial charge in [0.15, 0.2) is 0 Å². The van der Waals surface area contributed by atoms with E-state index >= 15 is 0 Å². The first kappa shape index (κ1) is 23.9. The average Bonchev–Trinajstić information content (AvgIpc) is 3.59. The van der Waals surface area contributed by atoms with Crippen molar-refractivity contribution in [3.63, 3.8) is 0 Å². The number of benzene rings is 6. The van der Waals surface area contributed by atoms with Crippen molar-refractivity contribution in [2.75, 3.05) is 0 Å². The summed E-state index contributed by atoms with van der Waals surface area (Å²) >= 11 is 7.11. The van der Waals surface area contributed by atoms with Crippen molar-refractivity contribution in [2.45, 2.75) is 25.7 Å². The van der Waals surface area contributed by atoms with E-state index in [1.165, 1.54) is 76.5 Å². The van der Waals surface area contributed by atoms with Crippen molar-refractivity contribution in [2.24, 2.45) is 5.41 Å². The molecule has 0 aliphatic heterocycles. The normalized spacial score (nSPS) is 18.3. The molecule has 43 heavy (non-hydrogen) atoms. The zero-order valence-corrected chi connectivity index (χ0v) is 24.8. The number of halogens is 1. The highest BCUT2D eigenvalue weighted by molar-refractivity contribution is 6.40. The third-order valence-corrected chi connectivity index (χ3v) is 11.0. The van der Waals surface area contributed by atoms with Crippen LogP contribution in [0.15, 0.2) is 121 Å². The van der Waals surface area contributed by atoms with E-state index in [1.54, 1.807) is 0 Å². The van der Waals surface area contributed by atoms with Gasteiger partial charge < -0.3 is 4.40 Å². The Labute approximate surface area is 254 Å². The maximum Gasteiger partial charge on any atom is 0.0634 e. The quantitative estimate of drug-likeness (QED) is 0.171. The first-order valence-corrected chi connectivity index (χ1v) is 15.6. The molecule has 8 aromatic rings. The Kier molecular flexibility index (Phi) is 4.49. The highest BCUT2D eigenvalue weighted by Crippen LogP contribution is 2.67. The molecule has 0 radical (unpaired) electrons. The smallest absolute Gasteiger partial charge is 0.0634 e. The van der Waals surface area contributed by atoms with Gasteiger partial charge in [-0.1, -0.05) is 123 Å². The molecule has 2 bridgehead atoms. The van der Waals surface area contributed by atoms with E-state index in [0.29, 0.717) is 11.8 Å². The predicted molar refractivity (Wildman–Crippen MR) is 183 cm³/mol. The van der Waals surface area contributed by atoms with Crippen molar-refractivity contribution in [3.05, 3.63) is 149 Å². The Morgan fingerprint density at radius 1 is 0.488 bits per heavy atom. The molecule has 2 aliphatic rings. The monoisotopic (exact) mass is 569 g/mol. The molecule has 2 unspecified atom stereocenters. The fourth-order valence-electron chi connectivity index (χ4n) is 9.09. The van der Waals surface area contributed by atoms with Crippen LogP contribution in [0.5, 0.6) is 0 Å². The third kappa shape index (κ3) is 2.84. The molecule has 2 aliphatic carbocycles. The minimum Gasteiger partial charge on any atom is -0.308 e. The van der Waals surface area contributed by atoms with Gasteiger partial charge in [0.25, 0.3) is 0 Å². The first-order chi connectivity index (χ1) is 21.0. The van der Waals surface area contributed by atoms with E-state index < -0.39 is 0 Å². The first-order valence-electron chi connectivity index (χ1n) is 15.2. The summed E-state index contributed by atoms with van der Waals surface area (Å²) < 4.78 is 2.52. The van der Waals surface area contributed by atoms with Crippen LogP contribution in [0.25, 0.3) is 59.6 Å². The van der Waals surface area contributed by atoms with E-state index in [4.69, 9.17) is 11.6 Å². The van der Waals surface area contributed by atoms with Gasteiger partial charge >= 0.3 is 0 Å². The SMILES string of the molecule is CC1(C)C2c3ccccc3C1c1cc3c(cc12)c1ccccc1c1ccccc1c1ccc(Cl)c2c4ccccc4n3c12. The fraction of sp³-hybridized carbons (Fsp3) is 0.122. The Balaban J connectivity index is 1.56. The lowest BCUT2D eigenvalue weighted by atomic mass is 9.78. The molecule has 10 rings (SSSR count). The number of rotatable bonds is 0. The second-order valence-corrected chi connectivity index (χ2v) is 13.5. The zero-order chi connectivity index (χ0) is 28.6. The lowest BCUT2D eigenvalue weighted by molar-refractivity contribution is 0.340. The minimum atomic E-state index is 0.111. The molecule has 2 atom stereocenters. The van der Waals surface area contributed by atoms with Crippen LogP contribution >= 0.6 is 11.6 Å². The van der Waals surface area contributed by atoms with Gasteiger partial charge in [-0.05, 0) is 73.5 Å². The molecule has 0 N–H and O–H groups in total. The largest absolute Gasteiger partial charge is 0.308 e. The Morgan fingerprint density at radius 2 is 1.00 bits per heavy atom. The Hall–Kier alpha value is -4.59. The highest BCUT2D eigenvalue weighted by atomic mass is 35.5. The van der Waals surface area contributed by atoms with Gasteiger partial charge in [-0.2, -0.15) is 0 Å². The molecule has 0 amide bonds. The van der Waals surface area contributed by atoms with Crippen LogP contribution < -0.4 is 0 Å². The standard InChI is InChI=1S/C41H28ClN/c1-41(2)38-27-15-7-8-16-28(27)39(41)33-22-36-31(21-32(33)38)26-14-6-4-12-24(26)23-11-3-5-13-25(23)29-19-20-34(42)37-30-17-9-10-18-35(30)43(36)40(29)37/h3-22,38-39H,1-2H3. The third-order valence-electron chi connectivity index (χ3n) is 10.7. The maximum atomic E-state index is 7.11. The number of hydrogen-bond acceptors (Lipinski definition) is 0. The summed E-state index contributed by atoms with van der Waals surface area (Å²) in [5, 5.41) is 10.6. The molecule has 2 heterocycles. The van der Waals surface area contributed by atoms with Crippen molar-refractivity contribution in [1.29, 1.82) is 0 Å². The molecule has 2 heteroatoms. The van der Waals surface area contributed by atoms with E-state index in [2.05, 4.69) is 140 Å². The molecule has 6 aromatic carbocycles. The van der Waals surface area contributed by atoms with Gasteiger partial charge in [-0.25, -0.2) is 0 Å².